The molecule has 0 bridgehead atoms. The molecule has 14 heavy (non-hydrogen) atoms. The predicted octanol–water partition coefficient (Wildman–Crippen LogP) is 1.81. The van der Waals surface area contributed by atoms with Crippen LogP contribution in [-0.4, -0.2) is 18.2 Å². The van der Waals surface area contributed by atoms with Crippen molar-refractivity contribution in [3.63, 3.8) is 0 Å². The van der Waals surface area contributed by atoms with Crippen LogP contribution in [0.1, 0.15) is 23.5 Å². The molecule has 1 aliphatic carbocycles. The van der Waals surface area contributed by atoms with E-state index in [1.165, 1.54) is 0 Å². The van der Waals surface area contributed by atoms with Crippen molar-refractivity contribution in [2.75, 3.05) is 7.11 Å². The molecule has 0 spiro atoms. The molecule has 0 amide bonds. The maximum absolute atomic E-state index is 10.9. The molecule has 0 radical (unpaired) electrons. The van der Waals surface area contributed by atoms with Crippen LogP contribution in [0.3, 0.4) is 0 Å². The van der Waals surface area contributed by atoms with Crippen molar-refractivity contribution in [1.82, 2.24) is 0 Å². The van der Waals surface area contributed by atoms with Gasteiger partial charge in [0.2, 0.25) is 0 Å². The van der Waals surface area contributed by atoms with Gasteiger partial charge in [0.05, 0.1) is 13.0 Å². The number of ether oxygens (including phenoxy) is 1. The van der Waals surface area contributed by atoms with Gasteiger partial charge >= 0.3 is 5.97 Å². The minimum Gasteiger partial charge on any atom is -0.496 e. The zero-order valence-electron chi connectivity index (χ0n) is 7.99. The van der Waals surface area contributed by atoms with Crippen LogP contribution < -0.4 is 4.74 Å². The highest BCUT2D eigenvalue weighted by atomic mass is 16.5. The normalized spacial score (nSPS) is 19.1. The first-order chi connectivity index (χ1) is 6.74. The molecule has 0 unspecified atom stereocenters. The minimum absolute atomic E-state index is 0.347. The summed E-state index contributed by atoms with van der Waals surface area (Å²) in [6.07, 6.45) is 1.49. The standard InChI is InChI=1S/C11H12O3/c1-14-10-4-2-3-7-8(10)5-6-9(7)11(12)13/h2-4,9H,5-6H2,1H3,(H,12,13)/t9-/m0/s1. The Bertz CT molecular complexity index is 371. The highest BCUT2D eigenvalue weighted by Crippen LogP contribution is 2.38. The summed E-state index contributed by atoms with van der Waals surface area (Å²) in [4.78, 5) is 10.9. The number of aliphatic carboxylic acids is 1. The number of carboxylic acid groups (broad SMARTS) is 1. The van der Waals surface area contributed by atoms with Gasteiger partial charge in [-0.2, -0.15) is 0 Å². The van der Waals surface area contributed by atoms with Crippen LogP contribution in [-0.2, 0) is 11.2 Å². The molecule has 0 fully saturated rings. The van der Waals surface area contributed by atoms with Gasteiger partial charge in [-0.1, -0.05) is 12.1 Å². The van der Waals surface area contributed by atoms with Gasteiger partial charge < -0.3 is 9.84 Å². The molecule has 1 N–H and O–H groups in total. The van der Waals surface area contributed by atoms with Gasteiger partial charge in [0.25, 0.3) is 0 Å². The Balaban J connectivity index is 2.46. The lowest BCUT2D eigenvalue weighted by molar-refractivity contribution is -0.138. The molecule has 1 aromatic rings. The SMILES string of the molecule is COc1cccc2c1CC[C@@H]2C(=O)O. The lowest BCUT2D eigenvalue weighted by Gasteiger charge is -2.08. The number of carboxylic acids is 1. The molecule has 0 heterocycles. The number of benzene rings is 1. The number of fused-ring (bicyclic) bond motifs is 1. The highest BCUT2D eigenvalue weighted by molar-refractivity contribution is 5.78. The summed E-state index contributed by atoms with van der Waals surface area (Å²) >= 11 is 0. The molecular weight excluding hydrogens is 180 g/mol. The van der Waals surface area contributed by atoms with Gasteiger partial charge in [0.15, 0.2) is 0 Å². The molecule has 0 saturated carbocycles. The molecule has 0 saturated heterocycles. The summed E-state index contributed by atoms with van der Waals surface area (Å²) in [6, 6.07) is 5.60. The monoisotopic (exact) mass is 192 g/mol. The maximum Gasteiger partial charge on any atom is 0.310 e. The second kappa shape index (κ2) is 3.33. The van der Waals surface area contributed by atoms with Crippen LogP contribution in [0.4, 0.5) is 0 Å². The molecular formula is C11H12O3. The van der Waals surface area contributed by atoms with Crippen LogP contribution in [0.25, 0.3) is 0 Å². The van der Waals surface area contributed by atoms with Crippen LogP contribution in [0.5, 0.6) is 5.75 Å². The number of carbonyl (C=O) groups is 1. The molecule has 0 aliphatic heterocycles. The first-order valence-corrected chi connectivity index (χ1v) is 4.62. The molecule has 74 valence electrons. The van der Waals surface area contributed by atoms with Crippen LogP contribution >= 0.6 is 0 Å². The van der Waals surface area contributed by atoms with E-state index >= 15 is 0 Å². The Hall–Kier alpha value is -1.51. The molecule has 0 aromatic heterocycles. The van der Waals surface area contributed by atoms with Crippen molar-refractivity contribution in [3.05, 3.63) is 29.3 Å². The van der Waals surface area contributed by atoms with E-state index in [-0.39, 0.29) is 5.92 Å². The number of hydrogen-bond acceptors (Lipinski definition) is 2. The van der Waals surface area contributed by atoms with Gasteiger partial charge in [-0.05, 0) is 30.0 Å². The number of methoxy groups -OCH3 is 1. The summed E-state index contributed by atoms with van der Waals surface area (Å²) in [7, 11) is 1.61. The van der Waals surface area contributed by atoms with Crippen molar-refractivity contribution < 1.29 is 14.6 Å². The quantitative estimate of drug-likeness (QED) is 0.777. The fourth-order valence-electron chi connectivity index (χ4n) is 2.07. The third kappa shape index (κ3) is 1.25. The molecule has 3 heteroatoms. The van der Waals surface area contributed by atoms with E-state index in [1.807, 2.05) is 18.2 Å². The zero-order valence-corrected chi connectivity index (χ0v) is 7.99. The van der Waals surface area contributed by atoms with Crippen molar-refractivity contribution in [2.45, 2.75) is 18.8 Å². The van der Waals surface area contributed by atoms with Crippen LogP contribution in [0.2, 0.25) is 0 Å². The van der Waals surface area contributed by atoms with Gasteiger partial charge in [0, 0.05) is 0 Å². The summed E-state index contributed by atoms with van der Waals surface area (Å²) < 4.78 is 5.19. The fraction of sp³-hybridized carbons (Fsp3) is 0.364. The van der Waals surface area contributed by atoms with Gasteiger partial charge in [0.1, 0.15) is 5.75 Å². The average molecular weight is 192 g/mol. The summed E-state index contributed by atoms with van der Waals surface area (Å²) in [6.45, 7) is 0. The molecule has 3 nitrogen and oxygen atoms in total. The van der Waals surface area contributed by atoms with E-state index in [2.05, 4.69) is 0 Å². The van der Waals surface area contributed by atoms with Crippen LogP contribution in [0.15, 0.2) is 18.2 Å². The van der Waals surface area contributed by atoms with Gasteiger partial charge in [-0.15, -0.1) is 0 Å². The third-order valence-corrected chi connectivity index (χ3v) is 2.75. The van der Waals surface area contributed by atoms with Crippen molar-refractivity contribution in [1.29, 1.82) is 0 Å². The van der Waals surface area contributed by atoms with Crippen molar-refractivity contribution in [3.8, 4) is 5.75 Å². The predicted molar refractivity (Wildman–Crippen MR) is 51.7 cm³/mol. The smallest absolute Gasteiger partial charge is 0.310 e. The van der Waals surface area contributed by atoms with Gasteiger partial charge in [-0.3, -0.25) is 4.79 Å². The molecule has 1 aliphatic rings. The average Bonchev–Trinajstić information content (AvgIpc) is 2.60. The zero-order chi connectivity index (χ0) is 10.1. The lowest BCUT2D eigenvalue weighted by atomic mass is 10.0. The van der Waals surface area contributed by atoms with Crippen LogP contribution in [0, 0.1) is 0 Å². The van der Waals surface area contributed by atoms with E-state index in [0.717, 1.165) is 23.3 Å². The largest absolute Gasteiger partial charge is 0.496 e. The molecule has 2 rings (SSSR count). The summed E-state index contributed by atoms with van der Waals surface area (Å²) in [5, 5.41) is 8.98. The second-order valence-electron chi connectivity index (χ2n) is 3.46. The van der Waals surface area contributed by atoms with E-state index in [9.17, 15) is 4.79 Å². The lowest BCUT2D eigenvalue weighted by Crippen LogP contribution is -2.07. The minimum atomic E-state index is -0.739. The topological polar surface area (TPSA) is 46.5 Å². The number of hydrogen-bond donors (Lipinski definition) is 1. The van der Waals surface area contributed by atoms with Crippen molar-refractivity contribution in [2.24, 2.45) is 0 Å². The van der Waals surface area contributed by atoms with Gasteiger partial charge in [-0.25, -0.2) is 0 Å². The first-order valence-electron chi connectivity index (χ1n) is 4.62. The molecule has 1 atom stereocenters. The van der Waals surface area contributed by atoms with E-state index < -0.39 is 5.97 Å². The Morgan fingerprint density at radius 1 is 1.57 bits per heavy atom. The second-order valence-corrected chi connectivity index (χ2v) is 3.46. The Kier molecular flexibility index (Phi) is 2.15. The molecule has 1 aromatic carbocycles. The third-order valence-electron chi connectivity index (χ3n) is 2.75. The maximum atomic E-state index is 10.9. The van der Waals surface area contributed by atoms with Crippen molar-refractivity contribution >= 4 is 5.97 Å². The Morgan fingerprint density at radius 2 is 2.36 bits per heavy atom. The summed E-state index contributed by atoms with van der Waals surface area (Å²) in [5.41, 5.74) is 1.97. The van der Waals surface area contributed by atoms with E-state index in [0.29, 0.717) is 6.42 Å². The number of rotatable bonds is 2. The first kappa shape index (κ1) is 9.06. The highest BCUT2D eigenvalue weighted by Gasteiger charge is 2.29. The Morgan fingerprint density at radius 3 is 3.00 bits per heavy atom. The Labute approximate surface area is 82.3 Å². The fourth-order valence-corrected chi connectivity index (χ4v) is 2.07. The van der Waals surface area contributed by atoms with E-state index in [4.69, 9.17) is 9.84 Å². The summed E-state index contributed by atoms with van der Waals surface area (Å²) in [5.74, 6) is -0.275. The van der Waals surface area contributed by atoms with E-state index in [1.54, 1.807) is 7.11 Å².